The largest absolute Gasteiger partial charge is 0.497 e. The van der Waals surface area contributed by atoms with Crippen molar-refractivity contribution in [3.05, 3.63) is 23.8 Å². The summed E-state index contributed by atoms with van der Waals surface area (Å²) in [6.45, 7) is 4.38. The Kier molecular flexibility index (Phi) is 4.78. The van der Waals surface area contributed by atoms with Crippen LogP contribution in [0.2, 0.25) is 0 Å². The fraction of sp³-hybridized carbons (Fsp3) is 0.538. The van der Waals surface area contributed by atoms with Crippen LogP contribution in [0, 0.1) is 0 Å². The van der Waals surface area contributed by atoms with Crippen molar-refractivity contribution in [1.82, 2.24) is 0 Å². The molecule has 0 aliphatic rings. The first-order valence-corrected chi connectivity index (χ1v) is 5.68. The lowest BCUT2D eigenvalue weighted by molar-refractivity contribution is 0.0552. The number of rotatable bonds is 6. The minimum absolute atomic E-state index is 0.418. The van der Waals surface area contributed by atoms with E-state index >= 15 is 0 Å². The summed E-state index contributed by atoms with van der Waals surface area (Å²) in [4.78, 5) is 0. The summed E-state index contributed by atoms with van der Waals surface area (Å²) in [5.74, 6) is 1.46. The van der Waals surface area contributed by atoms with Crippen molar-refractivity contribution >= 4 is 0 Å². The molecule has 1 rings (SSSR count). The van der Waals surface area contributed by atoms with Crippen LogP contribution < -0.4 is 15.2 Å². The van der Waals surface area contributed by atoms with Gasteiger partial charge in [-0.05, 0) is 19.9 Å². The average molecular weight is 239 g/mol. The van der Waals surface area contributed by atoms with E-state index in [1.54, 1.807) is 21.0 Å². The van der Waals surface area contributed by atoms with Crippen LogP contribution >= 0.6 is 0 Å². The molecule has 96 valence electrons. The highest BCUT2D eigenvalue weighted by Gasteiger charge is 2.13. The number of methoxy groups -OCH3 is 1. The maximum Gasteiger partial charge on any atom is 0.127 e. The zero-order valence-electron chi connectivity index (χ0n) is 10.7. The van der Waals surface area contributed by atoms with Gasteiger partial charge in [0.15, 0.2) is 0 Å². The standard InChI is InChI=1S/C13H21NO3/c1-13(2,15)6-7-17-12-8-11(16-3)5-4-10(12)9-14/h4-5,8,15H,6-7,9,14H2,1-3H3. The second-order valence-electron chi connectivity index (χ2n) is 4.59. The number of nitrogens with two attached hydrogens (primary N) is 1. The zero-order chi connectivity index (χ0) is 12.9. The van der Waals surface area contributed by atoms with Crippen molar-refractivity contribution < 1.29 is 14.6 Å². The van der Waals surface area contributed by atoms with Crippen LogP contribution in [-0.2, 0) is 6.54 Å². The highest BCUT2D eigenvalue weighted by Crippen LogP contribution is 2.25. The van der Waals surface area contributed by atoms with Gasteiger partial charge >= 0.3 is 0 Å². The lowest BCUT2D eigenvalue weighted by Crippen LogP contribution is -2.22. The molecule has 0 aliphatic carbocycles. The Morgan fingerprint density at radius 3 is 2.59 bits per heavy atom. The zero-order valence-corrected chi connectivity index (χ0v) is 10.7. The average Bonchev–Trinajstić information content (AvgIpc) is 2.27. The molecule has 0 saturated heterocycles. The number of benzene rings is 1. The molecule has 0 atom stereocenters. The van der Waals surface area contributed by atoms with Gasteiger partial charge in [-0.25, -0.2) is 0 Å². The number of aliphatic hydroxyl groups is 1. The van der Waals surface area contributed by atoms with E-state index in [4.69, 9.17) is 15.2 Å². The van der Waals surface area contributed by atoms with Gasteiger partial charge in [0.05, 0.1) is 19.3 Å². The van der Waals surface area contributed by atoms with Gasteiger partial charge in [-0.2, -0.15) is 0 Å². The van der Waals surface area contributed by atoms with Crippen molar-refractivity contribution in [2.45, 2.75) is 32.4 Å². The van der Waals surface area contributed by atoms with E-state index in [9.17, 15) is 5.11 Å². The quantitative estimate of drug-likeness (QED) is 0.793. The van der Waals surface area contributed by atoms with Crippen LogP contribution in [0.15, 0.2) is 18.2 Å². The predicted molar refractivity (Wildman–Crippen MR) is 67.3 cm³/mol. The highest BCUT2D eigenvalue weighted by atomic mass is 16.5. The molecule has 0 aromatic heterocycles. The molecule has 0 amide bonds. The Labute approximate surface area is 102 Å². The summed E-state index contributed by atoms with van der Waals surface area (Å²) in [5, 5.41) is 9.59. The van der Waals surface area contributed by atoms with Crippen LogP contribution in [0.1, 0.15) is 25.8 Å². The minimum Gasteiger partial charge on any atom is -0.497 e. The van der Waals surface area contributed by atoms with Crippen LogP contribution in [0.25, 0.3) is 0 Å². The summed E-state index contributed by atoms with van der Waals surface area (Å²) < 4.78 is 10.8. The van der Waals surface area contributed by atoms with E-state index in [0.717, 1.165) is 17.1 Å². The molecule has 1 aromatic rings. The summed E-state index contributed by atoms with van der Waals surface area (Å²) in [6, 6.07) is 5.55. The summed E-state index contributed by atoms with van der Waals surface area (Å²) in [6.07, 6.45) is 0.564. The maximum atomic E-state index is 9.59. The molecule has 0 saturated carbocycles. The predicted octanol–water partition coefficient (Wildman–Crippen LogP) is 1.69. The van der Waals surface area contributed by atoms with E-state index in [0.29, 0.717) is 19.6 Å². The fourth-order valence-electron chi connectivity index (χ4n) is 1.38. The topological polar surface area (TPSA) is 64.7 Å². The van der Waals surface area contributed by atoms with Crippen molar-refractivity contribution in [1.29, 1.82) is 0 Å². The molecule has 3 N–H and O–H groups in total. The smallest absolute Gasteiger partial charge is 0.127 e. The molecular formula is C13H21NO3. The molecule has 0 aliphatic heterocycles. The van der Waals surface area contributed by atoms with Crippen molar-refractivity contribution in [3.8, 4) is 11.5 Å². The first-order chi connectivity index (χ1) is 7.96. The van der Waals surface area contributed by atoms with E-state index in [1.807, 2.05) is 18.2 Å². The lowest BCUT2D eigenvalue weighted by atomic mass is 10.1. The third kappa shape index (κ3) is 4.63. The SMILES string of the molecule is COc1ccc(CN)c(OCCC(C)(C)O)c1. The van der Waals surface area contributed by atoms with Gasteiger partial charge < -0.3 is 20.3 Å². The Bertz CT molecular complexity index is 358. The van der Waals surface area contributed by atoms with Gasteiger partial charge in [0.25, 0.3) is 0 Å². The molecule has 0 radical (unpaired) electrons. The molecular weight excluding hydrogens is 218 g/mol. The molecule has 1 aromatic carbocycles. The van der Waals surface area contributed by atoms with E-state index in [1.165, 1.54) is 0 Å². The maximum absolute atomic E-state index is 9.59. The molecule has 0 spiro atoms. The number of hydrogen-bond donors (Lipinski definition) is 2. The molecule has 0 unspecified atom stereocenters. The highest BCUT2D eigenvalue weighted by molar-refractivity contribution is 5.40. The van der Waals surface area contributed by atoms with Crippen molar-refractivity contribution in [3.63, 3.8) is 0 Å². The van der Waals surface area contributed by atoms with Crippen LogP contribution in [0.5, 0.6) is 11.5 Å². The van der Waals surface area contributed by atoms with Gasteiger partial charge in [-0.15, -0.1) is 0 Å². The molecule has 4 heteroatoms. The molecule has 0 fully saturated rings. The van der Waals surface area contributed by atoms with Gasteiger partial charge in [0.2, 0.25) is 0 Å². The molecule has 0 bridgehead atoms. The minimum atomic E-state index is -0.720. The van der Waals surface area contributed by atoms with Crippen LogP contribution in [0.3, 0.4) is 0 Å². The molecule has 4 nitrogen and oxygen atoms in total. The fourth-order valence-corrected chi connectivity index (χ4v) is 1.38. The normalized spacial score (nSPS) is 11.4. The van der Waals surface area contributed by atoms with E-state index in [2.05, 4.69) is 0 Å². The van der Waals surface area contributed by atoms with Crippen LogP contribution in [0.4, 0.5) is 0 Å². The summed E-state index contributed by atoms with van der Waals surface area (Å²) in [7, 11) is 1.61. The first kappa shape index (κ1) is 13.8. The second kappa shape index (κ2) is 5.89. The Hall–Kier alpha value is -1.26. The van der Waals surface area contributed by atoms with Crippen molar-refractivity contribution in [2.24, 2.45) is 5.73 Å². The van der Waals surface area contributed by atoms with Gasteiger partial charge in [0.1, 0.15) is 11.5 Å². The summed E-state index contributed by atoms with van der Waals surface area (Å²) >= 11 is 0. The van der Waals surface area contributed by atoms with Gasteiger partial charge in [-0.1, -0.05) is 6.07 Å². The molecule has 17 heavy (non-hydrogen) atoms. The Morgan fingerprint density at radius 2 is 2.06 bits per heavy atom. The second-order valence-corrected chi connectivity index (χ2v) is 4.59. The Morgan fingerprint density at radius 1 is 1.35 bits per heavy atom. The van der Waals surface area contributed by atoms with Gasteiger partial charge in [-0.3, -0.25) is 0 Å². The number of hydrogen-bond acceptors (Lipinski definition) is 4. The van der Waals surface area contributed by atoms with Crippen LogP contribution in [-0.4, -0.2) is 24.4 Å². The summed E-state index contributed by atoms with van der Waals surface area (Å²) in [5.41, 5.74) is 5.84. The third-order valence-corrected chi connectivity index (χ3v) is 2.47. The Balaban J connectivity index is 2.68. The van der Waals surface area contributed by atoms with Gasteiger partial charge in [0, 0.05) is 24.6 Å². The lowest BCUT2D eigenvalue weighted by Gasteiger charge is -2.18. The third-order valence-electron chi connectivity index (χ3n) is 2.47. The van der Waals surface area contributed by atoms with E-state index < -0.39 is 5.60 Å². The molecule has 0 heterocycles. The number of ether oxygens (including phenoxy) is 2. The first-order valence-electron chi connectivity index (χ1n) is 5.68. The van der Waals surface area contributed by atoms with E-state index in [-0.39, 0.29) is 0 Å². The van der Waals surface area contributed by atoms with Crippen molar-refractivity contribution in [2.75, 3.05) is 13.7 Å². The monoisotopic (exact) mass is 239 g/mol.